The minimum absolute atomic E-state index is 0.0828. The van der Waals surface area contributed by atoms with Crippen LogP contribution < -0.4 is 14.4 Å². The predicted molar refractivity (Wildman–Crippen MR) is 160 cm³/mol. The summed E-state index contributed by atoms with van der Waals surface area (Å²) in [5.74, 6) is 0.0157. The summed E-state index contributed by atoms with van der Waals surface area (Å²) in [6.07, 6.45) is 0. The van der Waals surface area contributed by atoms with E-state index in [2.05, 4.69) is 4.90 Å². The SMILES string of the molecule is COc1ccc([C@@H]2CN(C)[C@]3(C(=O)N(Cc4ccccc4Cl)c4ccccc43)[C@@H]2C(=O)c2ccccc2)c(OC)c1. The first-order chi connectivity index (χ1) is 19.9. The average molecular weight is 567 g/mol. The molecule has 0 bridgehead atoms. The Morgan fingerprint density at radius 3 is 2.37 bits per heavy atom. The Bertz CT molecular complexity index is 1620. The summed E-state index contributed by atoms with van der Waals surface area (Å²) in [7, 11) is 5.16. The molecule has 7 heteroatoms. The number of nitrogens with zero attached hydrogens (tertiary/aromatic N) is 2. The number of ketones is 1. The molecule has 3 atom stereocenters. The maximum absolute atomic E-state index is 14.9. The van der Waals surface area contributed by atoms with E-state index in [-0.39, 0.29) is 17.6 Å². The number of hydrogen-bond donors (Lipinski definition) is 0. The summed E-state index contributed by atoms with van der Waals surface area (Å²) in [5.41, 5.74) is 2.66. The van der Waals surface area contributed by atoms with Gasteiger partial charge in [0, 0.05) is 40.4 Å². The molecule has 41 heavy (non-hydrogen) atoms. The normalized spacial score (nSPS) is 21.8. The molecule has 4 aromatic rings. The summed E-state index contributed by atoms with van der Waals surface area (Å²) in [4.78, 5) is 33.4. The molecular weight excluding hydrogens is 536 g/mol. The van der Waals surface area contributed by atoms with E-state index in [0.717, 1.165) is 22.4 Å². The number of anilines is 1. The van der Waals surface area contributed by atoms with Gasteiger partial charge in [-0.05, 0) is 36.4 Å². The zero-order valence-corrected chi connectivity index (χ0v) is 24.0. The number of likely N-dealkylation sites (tertiary alicyclic amines) is 1. The van der Waals surface area contributed by atoms with Gasteiger partial charge >= 0.3 is 0 Å². The van der Waals surface area contributed by atoms with E-state index in [1.165, 1.54) is 0 Å². The van der Waals surface area contributed by atoms with Gasteiger partial charge in [-0.15, -0.1) is 0 Å². The number of likely N-dealkylation sites (N-methyl/N-ethyl adjacent to an activating group) is 1. The Labute approximate surface area is 245 Å². The number of amides is 1. The molecule has 1 saturated heterocycles. The third-order valence-electron chi connectivity index (χ3n) is 8.57. The van der Waals surface area contributed by atoms with E-state index in [9.17, 15) is 9.59 Å². The summed E-state index contributed by atoms with van der Waals surface area (Å²) >= 11 is 6.55. The summed E-state index contributed by atoms with van der Waals surface area (Å²) in [6.45, 7) is 0.778. The van der Waals surface area contributed by atoms with Crippen molar-refractivity contribution < 1.29 is 19.1 Å². The lowest BCUT2D eigenvalue weighted by Gasteiger charge is -2.36. The Hall–Kier alpha value is -4.13. The second-order valence-corrected chi connectivity index (χ2v) is 11.0. The second kappa shape index (κ2) is 10.7. The molecule has 4 aromatic carbocycles. The number of para-hydroxylation sites is 1. The van der Waals surface area contributed by atoms with Crippen LogP contribution in [0.4, 0.5) is 5.69 Å². The third-order valence-corrected chi connectivity index (χ3v) is 8.94. The van der Waals surface area contributed by atoms with Crippen molar-refractivity contribution >= 4 is 29.0 Å². The van der Waals surface area contributed by atoms with Crippen LogP contribution in [0, 0.1) is 5.92 Å². The van der Waals surface area contributed by atoms with Crippen LogP contribution in [0.25, 0.3) is 0 Å². The van der Waals surface area contributed by atoms with Gasteiger partial charge in [-0.1, -0.05) is 84.4 Å². The number of hydrogen-bond acceptors (Lipinski definition) is 5. The van der Waals surface area contributed by atoms with E-state index in [1.807, 2.05) is 104 Å². The Morgan fingerprint density at radius 2 is 1.63 bits per heavy atom. The van der Waals surface area contributed by atoms with E-state index in [1.54, 1.807) is 19.1 Å². The van der Waals surface area contributed by atoms with Crippen LogP contribution >= 0.6 is 11.6 Å². The van der Waals surface area contributed by atoms with Gasteiger partial charge < -0.3 is 14.4 Å². The Morgan fingerprint density at radius 1 is 0.927 bits per heavy atom. The van der Waals surface area contributed by atoms with E-state index in [4.69, 9.17) is 21.1 Å². The smallest absolute Gasteiger partial charge is 0.253 e. The molecule has 6 nitrogen and oxygen atoms in total. The number of methoxy groups -OCH3 is 2. The lowest BCUT2D eigenvalue weighted by molar-refractivity contribution is -0.129. The number of fused-ring (bicyclic) bond motifs is 2. The van der Waals surface area contributed by atoms with Gasteiger partial charge in [0.25, 0.3) is 5.91 Å². The first kappa shape index (κ1) is 27.1. The van der Waals surface area contributed by atoms with Crippen LogP contribution in [-0.2, 0) is 16.9 Å². The van der Waals surface area contributed by atoms with E-state index >= 15 is 0 Å². The fraction of sp³-hybridized carbons (Fsp3) is 0.235. The first-order valence-corrected chi connectivity index (χ1v) is 14.0. The van der Waals surface area contributed by atoms with Gasteiger partial charge in [0.05, 0.1) is 26.7 Å². The van der Waals surface area contributed by atoms with Gasteiger partial charge in [-0.25, -0.2) is 0 Å². The van der Waals surface area contributed by atoms with E-state index < -0.39 is 11.5 Å². The van der Waals surface area contributed by atoms with Gasteiger partial charge in [-0.3, -0.25) is 14.5 Å². The predicted octanol–water partition coefficient (Wildman–Crippen LogP) is 6.33. The highest BCUT2D eigenvalue weighted by Gasteiger charge is 2.66. The fourth-order valence-corrected chi connectivity index (χ4v) is 6.91. The van der Waals surface area contributed by atoms with Crippen molar-refractivity contribution in [2.75, 3.05) is 32.7 Å². The maximum Gasteiger partial charge on any atom is 0.253 e. The molecule has 0 saturated carbocycles. The average Bonchev–Trinajstić information content (AvgIpc) is 3.45. The van der Waals surface area contributed by atoms with Crippen LogP contribution in [-0.4, -0.2) is 44.4 Å². The van der Waals surface area contributed by atoms with Gasteiger partial charge in [0.2, 0.25) is 0 Å². The highest BCUT2D eigenvalue weighted by Crippen LogP contribution is 2.58. The highest BCUT2D eigenvalue weighted by atomic mass is 35.5. The summed E-state index contributed by atoms with van der Waals surface area (Å²) in [5, 5.41) is 0.594. The quantitative estimate of drug-likeness (QED) is 0.245. The molecule has 208 valence electrons. The van der Waals surface area contributed by atoms with Crippen molar-refractivity contribution in [3.05, 3.63) is 124 Å². The molecular formula is C34H31ClN2O4. The van der Waals surface area contributed by atoms with Crippen LogP contribution in [0.15, 0.2) is 97.1 Å². The molecule has 0 aromatic heterocycles. The monoisotopic (exact) mass is 566 g/mol. The summed E-state index contributed by atoms with van der Waals surface area (Å²) in [6, 6.07) is 30.3. The van der Waals surface area contributed by atoms with Crippen molar-refractivity contribution in [1.29, 1.82) is 0 Å². The van der Waals surface area contributed by atoms with Crippen molar-refractivity contribution in [1.82, 2.24) is 4.90 Å². The second-order valence-electron chi connectivity index (χ2n) is 10.6. The number of Topliss-reactive ketones (excluding diaryl/α,β-unsaturated/α-hetero) is 1. The first-order valence-electron chi connectivity index (χ1n) is 13.6. The molecule has 0 unspecified atom stereocenters. The topological polar surface area (TPSA) is 59.1 Å². The fourth-order valence-electron chi connectivity index (χ4n) is 6.72. The number of carbonyl (C=O) groups excluding carboxylic acids is 2. The van der Waals surface area contributed by atoms with Crippen molar-refractivity contribution in [3.63, 3.8) is 0 Å². The molecule has 2 aliphatic heterocycles. The largest absolute Gasteiger partial charge is 0.497 e. The summed E-state index contributed by atoms with van der Waals surface area (Å²) < 4.78 is 11.3. The Kier molecular flexibility index (Phi) is 7.06. The number of carbonyl (C=O) groups is 2. The molecule has 2 heterocycles. The molecule has 1 amide bonds. The van der Waals surface area contributed by atoms with Crippen molar-refractivity contribution in [3.8, 4) is 11.5 Å². The number of halogens is 1. The highest BCUT2D eigenvalue weighted by molar-refractivity contribution is 6.31. The Balaban J connectivity index is 1.56. The number of ether oxygens (including phenoxy) is 2. The molecule has 1 fully saturated rings. The van der Waals surface area contributed by atoms with Crippen LogP contribution in [0.3, 0.4) is 0 Å². The van der Waals surface area contributed by atoms with Gasteiger partial charge in [-0.2, -0.15) is 0 Å². The molecule has 0 N–H and O–H groups in total. The van der Waals surface area contributed by atoms with Crippen molar-refractivity contribution in [2.24, 2.45) is 5.92 Å². The van der Waals surface area contributed by atoms with E-state index in [0.29, 0.717) is 35.2 Å². The number of rotatable bonds is 7. The lowest BCUT2D eigenvalue weighted by Crippen LogP contribution is -2.53. The standard InChI is InChI=1S/C34H31ClN2O4/c1-36-21-26(25-18-17-24(40-2)19-30(25)41-3)31(32(38)22-11-5-4-6-12-22)34(36)27-14-8-10-16-29(27)37(33(34)39)20-23-13-7-9-15-28(23)35/h4-19,26,31H,20-21H2,1-3H3/t26-,31-,34-/m0/s1. The molecule has 1 spiro atoms. The molecule has 2 aliphatic rings. The molecule has 6 rings (SSSR count). The third kappa shape index (κ3) is 4.21. The van der Waals surface area contributed by atoms with Crippen molar-refractivity contribution in [2.45, 2.75) is 18.0 Å². The minimum atomic E-state index is -1.22. The minimum Gasteiger partial charge on any atom is -0.497 e. The number of benzene rings is 4. The van der Waals surface area contributed by atoms with Crippen LogP contribution in [0.2, 0.25) is 5.02 Å². The van der Waals surface area contributed by atoms with Crippen LogP contribution in [0.1, 0.15) is 33.0 Å². The lowest BCUT2D eigenvalue weighted by atomic mass is 9.70. The van der Waals surface area contributed by atoms with Gasteiger partial charge in [0.15, 0.2) is 5.78 Å². The van der Waals surface area contributed by atoms with Crippen LogP contribution in [0.5, 0.6) is 11.5 Å². The molecule has 0 radical (unpaired) electrons. The van der Waals surface area contributed by atoms with Gasteiger partial charge in [0.1, 0.15) is 17.0 Å². The zero-order valence-electron chi connectivity index (χ0n) is 23.2. The zero-order chi connectivity index (χ0) is 28.7. The maximum atomic E-state index is 14.9. The molecule has 0 aliphatic carbocycles.